The quantitative estimate of drug-likeness (QED) is 0.880. The van der Waals surface area contributed by atoms with E-state index in [0.717, 1.165) is 5.56 Å². The third kappa shape index (κ3) is 3.38. The van der Waals surface area contributed by atoms with E-state index >= 15 is 0 Å². The second kappa shape index (κ2) is 6.97. The number of rotatable bonds is 2. The molecule has 1 fully saturated rings. The first-order chi connectivity index (χ1) is 12.6. The van der Waals surface area contributed by atoms with Gasteiger partial charge in [-0.1, -0.05) is 23.7 Å². The summed E-state index contributed by atoms with van der Waals surface area (Å²) in [5.74, 6) is 0.226. The van der Waals surface area contributed by atoms with Crippen molar-refractivity contribution in [3.8, 4) is 5.75 Å². The summed E-state index contributed by atoms with van der Waals surface area (Å²) in [4.78, 5) is 26.0. The molecule has 134 valence electrons. The smallest absolute Gasteiger partial charge is 0.262 e. The molecule has 1 unspecified atom stereocenters. The number of hydrogen-bond donors (Lipinski definition) is 1. The average Bonchev–Trinajstić information content (AvgIpc) is 2.67. The highest BCUT2D eigenvalue weighted by molar-refractivity contribution is 6.30. The lowest BCUT2D eigenvalue weighted by Gasteiger charge is -2.33. The monoisotopic (exact) mass is 372 g/mol. The molecule has 2 amide bonds. The topological polar surface area (TPSA) is 67.9 Å². The number of hydrogen-bond acceptors (Lipinski definition) is 4. The van der Waals surface area contributed by atoms with Gasteiger partial charge in [0.25, 0.3) is 11.8 Å². The van der Waals surface area contributed by atoms with E-state index in [0.29, 0.717) is 41.7 Å². The first-order valence-corrected chi connectivity index (χ1v) is 8.71. The lowest BCUT2D eigenvalue weighted by atomic mass is 10.1. The summed E-state index contributed by atoms with van der Waals surface area (Å²) < 4.78 is 11.2. The van der Waals surface area contributed by atoms with Gasteiger partial charge in [0.15, 0.2) is 6.61 Å². The number of benzene rings is 2. The number of carbonyl (C=O) groups excluding carboxylic acids is 2. The molecule has 6 nitrogen and oxygen atoms in total. The van der Waals surface area contributed by atoms with Gasteiger partial charge in [-0.25, -0.2) is 0 Å². The maximum absolute atomic E-state index is 12.9. The van der Waals surface area contributed by atoms with Crippen molar-refractivity contribution in [2.75, 3.05) is 31.6 Å². The van der Waals surface area contributed by atoms with Crippen molar-refractivity contribution in [1.29, 1.82) is 0 Å². The number of morpholine rings is 1. The minimum absolute atomic E-state index is 0.0408. The zero-order valence-electron chi connectivity index (χ0n) is 13.9. The van der Waals surface area contributed by atoms with Crippen LogP contribution in [0.25, 0.3) is 0 Å². The van der Waals surface area contributed by atoms with Gasteiger partial charge >= 0.3 is 0 Å². The van der Waals surface area contributed by atoms with Gasteiger partial charge in [0.2, 0.25) is 0 Å². The van der Waals surface area contributed by atoms with Gasteiger partial charge in [-0.3, -0.25) is 9.59 Å². The fourth-order valence-corrected chi connectivity index (χ4v) is 3.23. The Bertz CT molecular complexity index is 853. The molecule has 1 saturated heterocycles. The lowest BCUT2D eigenvalue weighted by Crippen LogP contribution is -2.42. The molecular weight excluding hydrogens is 356 g/mol. The Kier molecular flexibility index (Phi) is 4.53. The van der Waals surface area contributed by atoms with Crippen LogP contribution in [-0.4, -0.2) is 43.0 Å². The molecule has 0 spiro atoms. The number of amides is 2. The Morgan fingerprint density at radius 3 is 2.81 bits per heavy atom. The molecule has 0 radical (unpaired) electrons. The standard InChI is InChI=1S/C19H17ClN2O4/c20-14-4-1-12(2-5-14)17-10-22(7-8-25-17)19(24)13-3-6-15-16(9-13)26-11-18(23)21-15/h1-6,9,17H,7-8,10-11H2,(H,21,23). The summed E-state index contributed by atoms with van der Waals surface area (Å²) in [5.41, 5.74) is 2.10. The average molecular weight is 373 g/mol. The molecule has 2 aromatic rings. The van der Waals surface area contributed by atoms with Gasteiger partial charge in [0.1, 0.15) is 11.9 Å². The van der Waals surface area contributed by atoms with Crippen LogP contribution >= 0.6 is 11.6 Å². The maximum Gasteiger partial charge on any atom is 0.262 e. The van der Waals surface area contributed by atoms with Crippen LogP contribution in [0.4, 0.5) is 5.69 Å². The van der Waals surface area contributed by atoms with Gasteiger partial charge < -0.3 is 19.7 Å². The van der Waals surface area contributed by atoms with Crippen LogP contribution in [0.5, 0.6) is 5.75 Å². The van der Waals surface area contributed by atoms with Crippen molar-refractivity contribution < 1.29 is 19.1 Å². The van der Waals surface area contributed by atoms with Crippen molar-refractivity contribution >= 4 is 29.1 Å². The second-order valence-electron chi connectivity index (χ2n) is 6.21. The molecule has 2 heterocycles. The fourth-order valence-electron chi connectivity index (χ4n) is 3.10. The largest absolute Gasteiger partial charge is 0.482 e. The molecule has 1 atom stereocenters. The summed E-state index contributed by atoms with van der Waals surface area (Å²) in [6.45, 7) is 1.42. The minimum Gasteiger partial charge on any atom is -0.482 e. The highest BCUT2D eigenvalue weighted by atomic mass is 35.5. The molecule has 2 aromatic carbocycles. The van der Waals surface area contributed by atoms with E-state index in [4.69, 9.17) is 21.1 Å². The van der Waals surface area contributed by atoms with E-state index in [1.165, 1.54) is 0 Å². The normalized spacial score (nSPS) is 19.3. The van der Waals surface area contributed by atoms with Gasteiger partial charge in [-0.15, -0.1) is 0 Å². The SMILES string of the molecule is O=C1COc2cc(C(=O)N3CCOC(c4ccc(Cl)cc4)C3)ccc2N1. The summed E-state index contributed by atoms with van der Waals surface area (Å²) in [6.07, 6.45) is -0.182. The molecule has 2 aliphatic heterocycles. The molecule has 0 aliphatic carbocycles. The van der Waals surface area contributed by atoms with Crippen LogP contribution in [-0.2, 0) is 9.53 Å². The lowest BCUT2D eigenvalue weighted by molar-refractivity contribution is -0.118. The molecule has 1 N–H and O–H groups in total. The highest BCUT2D eigenvalue weighted by Gasteiger charge is 2.27. The Labute approximate surface area is 155 Å². The van der Waals surface area contributed by atoms with E-state index in [2.05, 4.69) is 5.32 Å². The summed E-state index contributed by atoms with van der Waals surface area (Å²) in [5, 5.41) is 3.38. The van der Waals surface area contributed by atoms with Crippen LogP contribution < -0.4 is 10.1 Å². The van der Waals surface area contributed by atoms with E-state index in [-0.39, 0.29) is 24.5 Å². The van der Waals surface area contributed by atoms with Crippen molar-refractivity contribution in [3.05, 3.63) is 58.6 Å². The number of halogens is 1. The molecule has 0 aromatic heterocycles. The first-order valence-electron chi connectivity index (χ1n) is 8.33. The van der Waals surface area contributed by atoms with Crippen LogP contribution in [0.3, 0.4) is 0 Å². The van der Waals surface area contributed by atoms with Gasteiger partial charge in [0.05, 0.1) is 18.8 Å². The molecule has 4 rings (SSSR count). The van der Waals surface area contributed by atoms with Gasteiger partial charge in [-0.05, 0) is 35.9 Å². The van der Waals surface area contributed by atoms with Crippen LogP contribution in [0.1, 0.15) is 22.0 Å². The third-order valence-electron chi connectivity index (χ3n) is 4.46. The fraction of sp³-hybridized carbons (Fsp3) is 0.263. The summed E-state index contributed by atoms with van der Waals surface area (Å²) in [7, 11) is 0. The van der Waals surface area contributed by atoms with Crippen molar-refractivity contribution in [2.24, 2.45) is 0 Å². The predicted molar refractivity (Wildman–Crippen MR) is 96.6 cm³/mol. The highest BCUT2D eigenvalue weighted by Crippen LogP contribution is 2.30. The predicted octanol–water partition coefficient (Wildman–Crippen LogP) is 2.88. The van der Waals surface area contributed by atoms with Gasteiger partial charge in [-0.2, -0.15) is 0 Å². The Hall–Kier alpha value is -2.57. The van der Waals surface area contributed by atoms with Crippen LogP contribution in [0.15, 0.2) is 42.5 Å². The van der Waals surface area contributed by atoms with E-state index in [1.54, 1.807) is 23.1 Å². The number of nitrogens with one attached hydrogen (secondary N) is 1. The molecule has 0 saturated carbocycles. The summed E-state index contributed by atoms with van der Waals surface area (Å²) >= 11 is 5.93. The molecule has 26 heavy (non-hydrogen) atoms. The number of fused-ring (bicyclic) bond motifs is 1. The molecule has 0 bridgehead atoms. The number of anilines is 1. The van der Waals surface area contributed by atoms with Crippen molar-refractivity contribution in [1.82, 2.24) is 4.90 Å². The Morgan fingerprint density at radius 2 is 2.00 bits per heavy atom. The van der Waals surface area contributed by atoms with E-state index in [9.17, 15) is 9.59 Å². The second-order valence-corrected chi connectivity index (χ2v) is 6.65. The molecular formula is C19H17ClN2O4. The zero-order chi connectivity index (χ0) is 18.1. The zero-order valence-corrected chi connectivity index (χ0v) is 14.7. The van der Waals surface area contributed by atoms with E-state index < -0.39 is 0 Å². The van der Waals surface area contributed by atoms with Crippen molar-refractivity contribution in [3.63, 3.8) is 0 Å². The number of ether oxygens (including phenoxy) is 2. The third-order valence-corrected chi connectivity index (χ3v) is 4.71. The molecule has 7 heteroatoms. The van der Waals surface area contributed by atoms with Crippen molar-refractivity contribution in [2.45, 2.75) is 6.10 Å². The minimum atomic E-state index is -0.199. The van der Waals surface area contributed by atoms with Gasteiger partial charge in [0, 0.05) is 17.1 Å². The van der Waals surface area contributed by atoms with Crippen LogP contribution in [0.2, 0.25) is 5.02 Å². The Morgan fingerprint density at radius 1 is 1.19 bits per heavy atom. The van der Waals surface area contributed by atoms with Crippen LogP contribution in [0, 0.1) is 0 Å². The first kappa shape index (κ1) is 16.9. The Balaban J connectivity index is 1.51. The summed E-state index contributed by atoms with van der Waals surface area (Å²) in [6, 6.07) is 12.5. The number of nitrogens with zero attached hydrogens (tertiary/aromatic N) is 1. The van der Waals surface area contributed by atoms with E-state index in [1.807, 2.05) is 24.3 Å². The number of carbonyl (C=O) groups is 2. The molecule has 2 aliphatic rings. The maximum atomic E-state index is 12.9.